The van der Waals surface area contributed by atoms with Crippen LogP contribution in [-0.4, -0.2) is 52.9 Å². The Labute approximate surface area is 151 Å². The van der Waals surface area contributed by atoms with Crippen LogP contribution in [0.25, 0.3) is 0 Å². The first kappa shape index (κ1) is 17.3. The summed E-state index contributed by atoms with van der Waals surface area (Å²) in [7, 11) is 0. The Hall–Kier alpha value is -2.53. The summed E-state index contributed by atoms with van der Waals surface area (Å²) in [6.07, 6.45) is 0.695. The molecular weight excluding hydrogens is 340 g/mol. The second-order valence-electron chi connectivity index (χ2n) is 5.97. The molecule has 0 saturated carbocycles. The molecule has 0 unspecified atom stereocenters. The molecule has 25 heavy (non-hydrogen) atoms. The topological polar surface area (TPSA) is 60.9 Å². The molecule has 1 N–H and O–H groups in total. The van der Waals surface area contributed by atoms with Crippen LogP contribution in [0, 0.1) is 0 Å². The molecule has 5 nitrogen and oxygen atoms in total. The number of carbonyl (C=O) groups is 2. The molecule has 0 radical (unpaired) electrons. The normalized spacial score (nSPS) is 14.9. The van der Waals surface area contributed by atoms with Gasteiger partial charge in [0, 0.05) is 31.7 Å². The third kappa shape index (κ3) is 3.94. The Morgan fingerprint density at radius 3 is 2.24 bits per heavy atom. The average Bonchev–Trinajstić information content (AvgIpc) is 2.87. The summed E-state index contributed by atoms with van der Waals surface area (Å²) >= 11 is 6.12. The van der Waals surface area contributed by atoms with Crippen LogP contribution in [0.4, 0.5) is 0 Å². The van der Waals surface area contributed by atoms with Gasteiger partial charge in [0.1, 0.15) is 5.75 Å². The Bertz CT molecular complexity index is 794. The first-order valence-corrected chi connectivity index (χ1v) is 8.56. The number of rotatable bonds is 2. The van der Waals surface area contributed by atoms with Gasteiger partial charge < -0.3 is 14.9 Å². The zero-order valence-corrected chi connectivity index (χ0v) is 14.4. The average molecular weight is 359 g/mol. The number of aromatic hydroxyl groups is 1. The van der Waals surface area contributed by atoms with Gasteiger partial charge in [-0.2, -0.15) is 0 Å². The van der Waals surface area contributed by atoms with E-state index in [1.165, 1.54) is 12.1 Å². The number of phenols is 1. The summed E-state index contributed by atoms with van der Waals surface area (Å²) in [6, 6.07) is 13.3. The molecule has 3 rings (SSSR count). The van der Waals surface area contributed by atoms with Crippen LogP contribution in [-0.2, 0) is 0 Å². The van der Waals surface area contributed by atoms with Gasteiger partial charge in [-0.15, -0.1) is 0 Å². The highest BCUT2D eigenvalue weighted by molar-refractivity contribution is 6.33. The number of hydrogen-bond acceptors (Lipinski definition) is 3. The van der Waals surface area contributed by atoms with Crippen molar-refractivity contribution in [3.05, 3.63) is 64.7 Å². The van der Waals surface area contributed by atoms with Gasteiger partial charge in [-0.25, -0.2) is 0 Å². The lowest BCUT2D eigenvalue weighted by Gasteiger charge is -2.22. The summed E-state index contributed by atoms with van der Waals surface area (Å²) in [6.45, 7) is 2.05. The van der Waals surface area contributed by atoms with E-state index in [4.69, 9.17) is 11.6 Å². The minimum Gasteiger partial charge on any atom is -0.508 e. The van der Waals surface area contributed by atoms with Gasteiger partial charge in [-0.3, -0.25) is 9.59 Å². The fraction of sp³-hybridized carbons (Fsp3) is 0.263. The largest absolute Gasteiger partial charge is 0.508 e. The Kier molecular flexibility index (Phi) is 5.24. The van der Waals surface area contributed by atoms with Crippen molar-refractivity contribution >= 4 is 23.4 Å². The molecule has 0 spiro atoms. The molecule has 0 aromatic heterocycles. The minimum atomic E-state index is -0.136. The number of benzene rings is 2. The van der Waals surface area contributed by atoms with Gasteiger partial charge in [0.25, 0.3) is 11.8 Å². The molecule has 1 aliphatic heterocycles. The standard InChI is InChI=1S/C19H19ClN2O3/c20-17-8-2-1-7-16(17)19(25)22-10-4-9-21(11-12-22)18(24)14-5-3-6-15(23)13-14/h1-3,5-8,13,23H,4,9-12H2. The predicted octanol–water partition coefficient (Wildman–Crippen LogP) is 3.03. The Morgan fingerprint density at radius 2 is 1.56 bits per heavy atom. The second kappa shape index (κ2) is 7.57. The van der Waals surface area contributed by atoms with Gasteiger partial charge in [-0.1, -0.05) is 29.8 Å². The Balaban J connectivity index is 1.69. The fourth-order valence-corrected chi connectivity index (χ4v) is 3.17. The van der Waals surface area contributed by atoms with E-state index in [-0.39, 0.29) is 17.6 Å². The molecule has 0 atom stereocenters. The summed E-state index contributed by atoms with van der Waals surface area (Å²) < 4.78 is 0. The number of carbonyl (C=O) groups excluding carboxylic acids is 2. The van der Waals surface area contributed by atoms with Crippen molar-refractivity contribution in [3.8, 4) is 5.75 Å². The third-order valence-electron chi connectivity index (χ3n) is 4.27. The molecule has 1 fully saturated rings. The van der Waals surface area contributed by atoms with Crippen LogP contribution in [0.1, 0.15) is 27.1 Å². The van der Waals surface area contributed by atoms with Crippen molar-refractivity contribution in [1.29, 1.82) is 0 Å². The van der Waals surface area contributed by atoms with E-state index >= 15 is 0 Å². The number of amides is 2. The van der Waals surface area contributed by atoms with Crippen LogP contribution in [0.5, 0.6) is 5.75 Å². The van der Waals surface area contributed by atoms with Gasteiger partial charge in [0.2, 0.25) is 0 Å². The van der Waals surface area contributed by atoms with Gasteiger partial charge in [0.15, 0.2) is 0 Å². The van der Waals surface area contributed by atoms with E-state index in [1.54, 1.807) is 46.2 Å². The quantitative estimate of drug-likeness (QED) is 0.897. The zero-order chi connectivity index (χ0) is 17.8. The van der Waals surface area contributed by atoms with Crippen molar-refractivity contribution in [3.63, 3.8) is 0 Å². The van der Waals surface area contributed by atoms with Crippen molar-refractivity contribution in [2.75, 3.05) is 26.2 Å². The molecular formula is C19H19ClN2O3. The first-order chi connectivity index (χ1) is 12.1. The highest BCUT2D eigenvalue weighted by Crippen LogP contribution is 2.19. The highest BCUT2D eigenvalue weighted by atomic mass is 35.5. The molecule has 2 amide bonds. The van der Waals surface area contributed by atoms with Crippen LogP contribution in [0.15, 0.2) is 48.5 Å². The smallest absolute Gasteiger partial charge is 0.255 e. The predicted molar refractivity (Wildman–Crippen MR) is 96.0 cm³/mol. The van der Waals surface area contributed by atoms with Crippen LogP contribution >= 0.6 is 11.6 Å². The summed E-state index contributed by atoms with van der Waals surface area (Å²) in [5.41, 5.74) is 0.933. The number of hydrogen-bond donors (Lipinski definition) is 1. The van der Waals surface area contributed by atoms with Crippen molar-refractivity contribution in [1.82, 2.24) is 9.80 Å². The molecule has 2 aromatic carbocycles. The molecule has 2 aromatic rings. The monoisotopic (exact) mass is 358 g/mol. The lowest BCUT2D eigenvalue weighted by molar-refractivity contribution is 0.0718. The molecule has 130 valence electrons. The van der Waals surface area contributed by atoms with E-state index in [9.17, 15) is 14.7 Å². The SMILES string of the molecule is O=C(c1cccc(O)c1)N1CCCN(C(=O)c2ccccc2Cl)CC1. The molecule has 1 saturated heterocycles. The third-order valence-corrected chi connectivity index (χ3v) is 4.60. The molecule has 1 heterocycles. The molecule has 0 aliphatic carbocycles. The molecule has 1 aliphatic rings. The summed E-state index contributed by atoms with van der Waals surface area (Å²) in [4.78, 5) is 28.7. The zero-order valence-electron chi connectivity index (χ0n) is 13.7. The maximum absolute atomic E-state index is 12.7. The van der Waals surface area contributed by atoms with Crippen molar-refractivity contribution in [2.24, 2.45) is 0 Å². The Morgan fingerprint density at radius 1 is 0.880 bits per heavy atom. The van der Waals surface area contributed by atoms with E-state index in [1.807, 2.05) is 0 Å². The number of nitrogens with zero attached hydrogens (tertiary/aromatic N) is 2. The maximum Gasteiger partial charge on any atom is 0.255 e. The van der Waals surface area contributed by atoms with Gasteiger partial charge >= 0.3 is 0 Å². The maximum atomic E-state index is 12.7. The minimum absolute atomic E-state index is 0.0659. The number of phenolic OH excluding ortho intramolecular Hbond substituents is 1. The van der Waals surface area contributed by atoms with E-state index in [2.05, 4.69) is 0 Å². The first-order valence-electron chi connectivity index (χ1n) is 8.18. The van der Waals surface area contributed by atoms with E-state index in [0.29, 0.717) is 48.7 Å². The van der Waals surface area contributed by atoms with Crippen LogP contribution < -0.4 is 0 Å². The summed E-state index contributed by atoms with van der Waals surface area (Å²) in [5, 5.41) is 9.98. The van der Waals surface area contributed by atoms with Crippen molar-refractivity contribution in [2.45, 2.75) is 6.42 Å². The highest BCUT2D eigenvalue weighted by Gasteiger charge is 2.24. The van der Waals surface area contributed by atoms with Gasteiger partial charge in [-0.05, 0) is 36.8 Å². The molecule has 0 bridgehead atoms. The lowest BCUT2D eigenvalue weighted by atomic mass is 10.2. The van der Waals surface area contributed by atoms with Crippen molar-refractivity contribution < 1.29 is 14.7 Å². The lowest BCUT2D eigenvalue weighted by Crippen LogP contribution is -2.37. The molecule has 6 heteroatoms. The summed E-state index contributed by atoms with van der Waals surface area (Å²) in [5.74, 6) is -0.184. The fourth-order valence-electron chi connectivity index (χ4n) is 2.95. The van der Waals surface area contributed by atoms with E-state index < -0.39 is 0 Å². The van der Waals surface area contributed by atoms with Crippen LogP contribution in [0.2, 0.25) is 5.02 Å². The van der Waals surface area contributed by atoms with Crippen LogP contribution in [0.3, 0.4) is 0 Å². The van der Waals surface area contributed by atoms with E-state index in [0.717, 1.165) is 0 Å². The van der Waals surface area contributed by atoms with Gasteiger partial charge in [0.05, 0.1) is 10.6 Å². The second-order valence-corrected chi connectivity index (χ2v) is 6.38. The number of halogens is 1.